The second kappa shape index (κ2) is 8.26. The van der Waals surface area contributed by atoms with Crippen LogP contribution < -0.4 is 15.0 Å². The Labute approximate surface area is 125 Å². The second-order valence-electron chi connectivity index (χ2n) is 5.22. The number of carbonyl (C=O) groups is 2. The van der Waals surface area contributed by atoms with Gasteiger partial charge in [0.2, 0.25) is 5.91 Å². The van der Waals surface area contributed by atoms with Gasteiger partial charge in [-0.2, -0.15) is 0 Å². The Hall–Kier alpha value is -2.08. The molecular weight excluding hydrogens is 270 g/mol. The molecule has 2 N–H and O–H groups in total. The van der Waals surface area contributed by atoms with Crippen LogP contribution in [0.15, 0.2) is 24.3 Å². The molecule has 0 saturated heterocycles. The summed E-state index contributed by atoms with van der Waals surface area (Å²) in [6, 6.07) is 7.77. The Balaban J connectivity index is 2.36. The Morgan fingerprint density at radius 2 is 1.86 bits per heavy atom. The number of carbonyl (C=O) groups excluding carboxylic acids is 2. The highest BCUT2D eigenvalue weighted by Crippen LogP contribution is 2.10. The largest absolute Gasteiger partial charge is 0.497 e. The van der Waals surface area contributed by atoms with Gasteiger partial charge in [0.15, 0.2) is 6.54 Å². The van der Waals surface area contributed by atoms with E-state index in [0.29, 0.717) is 6.54 Å². The molecule has 0 saturated carbocycles. The van der Waals surface area contributed by atoms with Crippen LogP contribution in [0.5, 0.6) is 5.75 Å². The average Bonchev–Trinajstić information content (AvgIpc) is 2.45. The van der Waals surface area contributed by atoms with E-state index in [1.807, 2.05) is 31.3 Å². The molecule has 0 aliphatic rings. The van der Waals surface area contributed by atoms with Gasteiger partial charge in [0.25, 0.3) is 5.91 Å². The Kier molecular flexibility index (Phi) is 6.68. The van der Waals surface area contributed by atoms with Crippen LogP contribution >= 0.6 is 0 Å². The zero-order chi connectivity index (χ0) is 15.8. The Morgan fingerprint density at radius 3 is 2.38 bits per heavy atom. The molecule has 0 heterocycles. The van der Waals surface area contributed by atoms with Crippen molar-refractivity contribution in [3.8, 4) is 5.75 Å². The maximum absolute atomic E-state index is 11.7. The molecular formula is C15H24N3O3+. The number of hydrogen-bond acceptors (Lipinski definition) is 3. The van der Waals surface area contributed by atoms with E-state index in [2.05, 4.69) is 5.32 Å². The van der Waals surface area contributed by atoms with Crippen molar-refractivity contribution in [1.29, 1.82) is 0 Å². The highest BCUT2D eigenvalue weighted by molar-refractivity contribution is 5.84. The maximum atomic E-state index is 11.7. The molecule has 1 rings (SSSR count). The first-order valence-electron chi connectivity index (χ1n) is 6.83. The van der Waals surface area contributed by atoms with Crippen molar-refractivity contribution >= 4 is 11.8 Å². The molecule has 0 bridgehead atoms. The van der Waals surface area contributed by atoms with Crippen molar-refractivity contribution in [2.75, 3.05) is 41.3 Å². The van der Waals surface area contributed by atoms with E-state index in [1.54, 1.807) is 21.2 Å². The van der Waals surface area contributed by atoms with E-state index in [1.165, 1.54) is 4.90 Å². The van der Waals surface area contributed by atoms with E-state index >= 15 is 0 Å². The standard InChI is InChI=1S/C15H23N3O3/c1-17(2)15(20)9-16-14(19)11-18(3)10-12-5-7-13(21-4)8-6-12/h5-8H,9-11H2,1-4H3,(H,16,19)/p+1. The van der Waals surface area contributed by atoms with Gasteiger partial charge in [0.05, 0.1) is 20.7 Å². The molecule has 6 heteroatoms. The van der Waals surface area contributed by atoms with Crippen LogP contribution in [-0.2, 0) is 16.1 Å². The van der Waals surface area contributed by atoms with Crippen molar-refractivity contribution in [3.63, 3.8) is 0 Å². The first kappa shape index (κ1) is 17.0. The molecule has 0 spiro atoms. The normalized spacial score (nSPS) is 11.6. The summed E-state index contributed by atoms with van der Waals surface area (Å²) < 4.78 is 5.11. The molecule has 1 aromatic carbocycles. The maximum Gasteiger partial charge on any atom is 0.275 e. The number of methoxy groups -OCH3 is 1. The number of ether oxygens (including phenoxy) is 1. The molecule has 1 atom stereocenters. The fourth-order valence-electron chi connectivity index (χ4n) is 1.82. The van der Waals surface area contributed by atoms with Crippen LogP contribution in [0.3, 0.4) is 0 Å². The van der Waals surface area contributed by atoms with Crippen LogP contribution in [0.4, 0.5) is 0 Å². The van der Waals surface area contributed by atoms with Gasteiger partial charge in [-0.3, -0.25) is 9.59 Å². The number of benzene rings is 1. The second-order valence-corrected chi connectivity index (χ2v) is 5.22. The smallest absolute Gasteiger partial charge is 0.275 e. The van der Waals surface area contributed by atoms with E-state index in [0.717, 1.165) is 22.8 Å². The summed E-state index contributed by atoms with van der Waals surface area (Å²) in [6.07, 6.45) is 0. The topological polar surface area (TPSA) is 63.1 Å². The Morgan fingerprint density at radius 1 is 1.24 bits per heavy atom. The molecule has 2 amide bonds. The quantitative estimate of drug-likeness (QED) is 0.672. The number of nitrogens with one attached hydrogen (secondary N) is 2. The zero-order valence-corrected chi connectivity index (χ0v) is 13.1. The number of amides is 2. The lowest BCUT2D eigenvalue weighted by Crippen LogP contribution is -3.08. The number of nitrogens with zero attached hydrogens (tertiary/aromatic N) is 1. The molecule has 6 nitrogen and oxygen atoms in total. The van der Waals surface area contributed by atoms with Gasteiger partial charge in [-0.25, -0.2) is 0 Å². The molecule has 116 valence electrons. The van der Waals surface area contributed by atoms with Crippen LogP contribution in [0, 0.1) is 0 Å². The van der Waals surface area contributed by atoms with E-state index in [9.17, 15) is 9.59 Å². The monoisotopic (exact) mass is 294 g/mol. The van der Waals surface area contributed by atoms with Gasteiger partial charge in [-0.1, -0.05) is 0 Å². The molecule has 0 fully saturated rings. The van der Waals surface area contributed by atoms with Gasteiger partial charge in [0, 0.05) is 19.7 Å². The van der Waals surface area contributed by atoms with Gasteiger partial charge in [0.1, 0.15) is 12.3 Å². The summed E-state index contributed by atoms with van der Waals surface area (Å²) in [4.78, 5) is 25.6. The van der Waals surface area contributed by atoms with Crippen molar-refractivity contribution in [2.24, 2.45) is 0 Å². The first-order chi connectivity index (χ1) is 9.92. The van der Waals surface area contributed by atoms with Crippen LogP contribution in [0.1, 0.15) is 5.56 Å². The van der Waals surface area contributed by atoms with Gasteiger partial charge >= 0.3 is 0 Å². The average molecular weight is 294 g/mol. The lowest BCUT2D eigenvalue weighted by Gasteiger charge is -2.15. The van der Waals surface area contributed by atoms with Gasteiger partial charge in [-0.05, 0) is 24.3 Å². The van der Waals surface area contributed by atoms with Crippen LogP contribution in [0.2, 0.25) is 0 Å². The molecule has 1 unspecified atom stereocenters. The SMILES string of the molecule is COc1ccc(C[NH+](C)CC(=O)NCC(=O)N(C)C)cc1. The third-order valence-corrected chi connectivity index (χ3v) is 3.06. The molecule has 21 heavy (non-hydrogen) atoms. The lowest BCUT2D eigenvalue weighted by molar-refractivity contribution is -0.885. The Bertz CT molecular complexity index is 472. The molecule has 0 radical (unpaired) electrons. The number of likely N-dealkylation sites (N-methyl/N-ethyl adjacent to an activating group) is 2. The fraction of sp³-hybridized carbons (Fsp3) is 0.467. The predicted octanol–water partition coefficient (Wildman–Crippen LogP) is -1.09. The van der Waals surface area contributed by atoms with E-state index < -0.39 is 0 Å². The first-order valence-corrected chi connectivity index (χ1v) is 6.83. The van der Waals surface area contributed by atoms with Gasteiger partial charge in [-0.15, -0.1) is 0 Å². The fourth-order valence-corrected chi connectivity index (χ4v) is 1.82. The summed E-state index contributed by atoms with van der Waals surface area (Å²) in [5, 5.41) is 2.63. The number of rotatable bonds is 7. The molecule has 0 aliphatic carbocycles. The minimum Gasteiger partial charge on any atom is -0.497 e. The minimum absolute atomic E-state index is 0.0433. The lowest BCUT2D eigenvalue weighted by atomic mass is 10.2. The van der Waals surface area contributed by atoms with E-state index in [-0.39, 0.29) is 18.4 Å². The summed E-state index contributed by atoms with van der Waals surface area (Å²) in [5.41, 5.74) is 1.13. The van der Waals surface area contributed by atoms with Crippen molar-refractivity contribution in [2.45, 2.75) is 6.54 Å². The molecule has 0 aliphatic heterocycles. The highest BCUT2D eigenvalue weighted by Gasteiger charge is 2.12. The van der Waals surface area contributed by atoms with Crippen LogP contribution in [0.25, 0.3) is 0 Å². The van der Waals surface area contributed by atoms with E-state index in [4.69, 9.17) is 4.74 Å². The highest BCUT2D eigenvalue weighted by atomic mass is 16.5. The molecule has 1 aromatic rings. The van der Waals surface area contributed by atoms with Crippen LogP contribution in [-0.4, -0.2) is 58.1 Å². The minimum atomic E-state index is -0.129. The summed E-state index contributed by atoms with van der Waals surface area (Å²) in [6.45, 7) is 1.10. The molecule has 0 aromatic heterocycles. The third-order valence-electron chi connectivity index (χ3n) is 3.06. The van der Waals surface area contributed by atoms with Crippen molar-refractivity contribution in [1.82, 2.24) is 10.2 Å². The zero-order valence-electron chi connectivity index (χ0n) is 13.1. The van der Waals surface area contributed by atoms with Crippen molar-refractivity contribution in [3.05, 3.63) is 29.8 Å². The number of quaternary nitrogens is 1. The third kappa shape index (κ3) is 6.27. The van der Waals surface area contributed by atoms with Gasteiger partial charge < -0.3 is 19.9 Å². The summed E-state index contributed by atoms with van der Waals surface area (Å²) >= 11 is 0. The summed E-state index contributed by atoms with van der Waals surface area (Å²) in [7, 11) is 6.90. The summed E-state index contributed by atoms with van der Waals surface area (Å²) in [5.74, 6) is 0.573. The van der Waals surface area contributed by atoms with Crippen molar-refractivity contribution < 1.29 is 19.2 Å². The predicted molar refractivity (Wildman–Crippen MR) is 80.2 cm³/mol. The number of hydrogen-bond donors (Lipinski definition) is 2.